The zero-order chi connectivity index (χ0) is 25.5. The SMILES string of the molecule is CC(C)[C@H]1COc2ccccc2C(=O)NCCCCC2(CCN(Cc3ccc(Cl)cc3)CC2)C(=O)N1. The van der Waals surface area contributed by atoms with Gasteiger partial charge in [-0.05, 0) is 74.5 Å². The van der Waals surface area contributed by atoms with Crippen LogP contribution in [0.3, 0.4) is 0 Å². The van der Waals surface area contributed by atoms with E-state index in [0.717, 1.165) is 56.8 Å². The fraction of sp³-hybridized carbons (Fsp3) is 0.517. The van der Waals surface area contributed by atoms with Gasteiger partial charge < -0.3 is 15.4 Å². The van der Waals surface area contributed by atoms with Gasteiger partial charge in [-0.2, -0.15) is 0 Å². The lowest BCUT2D eigenvalue weighted by atomic mass is 9.73. The first-order valence-electron chi connectivity index (χ1n) is 13.1. The normalized spacial score (nSPS) is 21.7. The molecule has 6 nitrogen and oxygen atoms in total. The molecular formula is C29H38ClN3O3. The Morgan fingerprint density at radius 3 is 2.47 bits per heavy atom. The maximum Gasteiger partial charge on any atom is 0.255 e. The van der Waals surface area contributed by atoms with E-state index in [1.54, 1.807) is 6.07 Å². The Morgan fingerprint density at radius 2 is 1.75 bits per heavy atom. The molecule has 2 aromatic carbocycles. The van der Waals surface area contributed by atoms with Crippen LogP contribution in [-0.2, 0) is 11.3 Å². The molecule has 2 N–H and O–H groups in total. The lowest BCUT2D eigenvalue weighted by Gasteiger charge is -2.42. The highest BCUT2D eigenvalue weighted by atomic mass is 35.5. The van der Waals surface area contributed by atoms with Crippen molar-refractivity contribution in [1.82, 2.24) is 15.5 Å². The van der Waals surface area contributed by atoms with E-state index in [1.165, 1.54) is 5.56 Å². The van der Waals surface area contributed by atoms with Gasteiger partial charge in [-0.1, -0.05) is 56.1 Å². The summed E-state index contributed by atoms with van der Waals surface area (Å²) in [5.74, 6) is 0.783. The van der Waals surface area contributed by atoms with E-state index in [4.69, 9.17) is 16.3 Å². The first kappa shape index (κ1) is 26.5. The molecule has 1 fully saturated rings. The van der Waals surface area contributed by atoms with Gasteiger partial charge in [0.1, 0.15) is 12.4 Å². The number of halogens is 1. The number of carbonyl (C=O) groups excluding carboxylic acids is 2. The molecule has 4 rings (SSSR count). The highest BCUT2D eigenvalue weighted by Gasteiger charge is 2.41. The number of hydrogen-bond acceptors (Lipinski definition) is 4. The van der Waals surface area contributed by atoms with E-state index in [0.29, 0.717) is 24.5 Å². The van der Waals surface area contributed by atoms with Crippen molar-refractivity contribution < 1.29 is 14.3 Å². The molecule has 0 saturated carbocycles. The van der Waals surface area contributed by atoms with Crippen molar-refractivity contribution in [3.05, 3.63) is 64.7 Å². The molecule has 2 aliphatic heterocycles. The third kappa shape index (κ3) is 6.60. The lowest BCUT2D eigenvalue weighted by molar-refractivity contribution is -0.136. The van der Waals surface area contributed by atoms with Crippen LogP contribution in [0.15, 0.2) is 48.5 Å². The van der Waals surface area contributed by atoms with Gasteiger partial charge in [0.2, 0.25) is 5.91 Å². The quantitative estimate of drug-likeness (QED) is 0.604. The number of ether oxygens (including phenoxy) is 1. The van der Waals surface area contributed by atoms with Crippen LogP contribution in [0.1, 0.15) is 61.9 Å². The van der Waals surface area contributed by atoms with Gasteiger partial charge in [0.05, 0.1) is 17.0 Å². The smallest absolute Gasteiger partial charge is 0.255 e. The molecule has 0 bridgehead atoms. The van der Waals surface area contributed by atoms with Crippen molar-refractivity contribution in [3.8, 4) is 5.75 Å². The summed E-state index contributed by atoms with van der Waals surface area (Å²) in [5.41, 5.74) is 1.38. The highest BCUT2D eigenvalue weighted by Crippen LogP contribution is 2.38. The predicted molar refractivity (Wildman–Crippen MR) is 143 cm³/mol. The molecule has 2 aromatic rings. The van der Waals surface area contributed by atoms with E-state index in [2.05, 4.69) is 41.5 Å². The van der Waals surface area contributed by atoms with Crippen LogP contribution < -0.4 is 15.4 Å². The Hall–Kier alpha value is -2.57. The van der Waals surface area contributed by atoms with Crippen LogP contribution in [0.2, 0.25) is 5.02 Å². The summed E-state index contributed by atoms with van der Waals surface area (Å²) in [6, 6.07) is 15.2. The minimum absolute atomic E-state index is 0.113. The summed E-state index contributed by atoms with van der Waals surface area (Å²) in [6.07, 6.45) is 4.22. The molecule has 7 heteroatoms. The molecule has 1 atom stereocenters. The Morgan fingerprint density at radius 1 is 1.03 bits per heavy atom. The summed E-state index contributed by atoms with van der Waals surface area (Å²) in [4.78, 5) is 29.0. The van der Waals surface area contributed by atoms with E-state index in [-0.39, 0.29) is 23.8 Å². The number of fused-ring (bicyclic) bond motifs is 1. The predicted octanol–water partition coefficient (Wildman–Crippen LogP) is 5.06. The first-order chi connectivity index (χ1) is 17.4. The van der Waals surface area contributed by atoms with Gasteiger partial charge in [0.15, 0.2) is 0 Å². The van der Waals surface area contributed by atoms with Gasteiger partial charge in [0, 0.05) is 18.1 Å². The molecule has 36 heavy (non-hydrogen) atoms. The van der Waals surface area contributed by atoms with E-state index in [9.17, 15) is 9.59 Å². The number of amides is 2. The van der Waals surface area contributed by atoms with Crippen molar-refractivity contribution in [1.29, 1.82) is 0 Å². The molecule has 1 spiro atoms. The van der Waals surface area contributed by atoms with Crippen LogP contribution in [0.4, 0.5) is 0 Å². The fourth-order valence-electron chi connectivity index (χ4n) is 5.15. The number of carbonyl (C=O) groups is 2. The monoisotopic (exact) mass is 511 g/mol. The van der Waals surface area contributed by atoms with Gasteiger partial charge in [-0.15, -0.1) is 0 Å². The summed E-state index contributed by atoms with van der Waals surface area (Å²) in [5, 5.41) is 7.12. The number of hydrogen-bond donors (Lipinski definition) is 2. The second-order valence-corrected chi connectivity index (χ2v) is 11.0. The van der Waals surface area contributed by atoms with Crippen molar-refractivity contribution in [3.63, 3.8) is 0 Å². The fourth-order valence-corrected chi connectivity index (χ4v) is 5.27. The molecule has 1 saturated heterocycles. The number of rotatable bonds is 3. The van der Waals surface area contributed by atoms with Crippen molar-refractivity contribution in [2.75, 3.05) is 26.2 Å². The highest BCUT2D eigenvalue weighted by molar-refractivity contribution is 6.30. The average molecular weight is 512 g/mol. The van der Waals surface area contributed by atoms with Crippen LogP contribution in [-0.4, -0.2) is 49.0 Å². The summed E-state index contributed by atoms with van der Waals surface area (Å²) in [7, 11) is 0. The van der Waals surface area contributed by atoms with E-state index in [1.807, 2.05) is 30.3 Å². The van der Waals surface area contributed by atoms with Gasteiger partial charge in [-0.3, -0.25) is 14.5 Å². The second-order valence-electron chi connectivity index (χ2n) is 10.5. The average Bonchev–Trinajstić information content (AvgIpc) is 2.88. The third-order valence-electron chi connectivity index (χ3n) is 7.65. The van der Waals surface area contributed by atoms with Crippen molar-refractivity contribution in [2.45, 2.75) is 58.5 Å². The zero-order valence-electron chi connectivity index (χ0n) is 21.4. The molecular weight excluding hydrogens is 474 g/mol. The van der Waals surface area contributed by atoms with Gasteiger partial charge in [0.25, 0.3) is 5.91 Å². The van der Waals surface area contributed by atoms with Crippen LogP contribution in [0.5, 0.6) is 5.75 Å². The minimum Gasteiger partial charge on any atom is -0.491 e. The van der Waals surface area contributed by atoms with Gasteiger partial charge in [-0.25, -0.2) is 0 Å². The number of nitrogens with one attached hydrogen (secondary N) is 2. The summed E-state index contributed by atoms with van der Waals surface area (Å²) < 4.78 is 6.10. The Labute approximate surface area is 219 Å². The molecule has 0 unspecified atom stereocenters. The van der Waals surface area contributed by atoms with Gasteiger partial charge >= 0.3 is 0 Å². The van der Waals surface area contributed by atoms with E-state index < -0.39 is 5.41 Å². The standard InChI is InChI=1S/C29H38ClN3O3/c1-21(2)25-20-36-26-8-4-3-7-24(26)27(34)31-16-6-5-13-29(28(35)32-25)14-17-33(18-15-29)19-22-9-11-23(30)12-10-22/h3-4,7-12,21,25H,5-6,13-20H2,1-2H3,(H,31,34)(H,32,35)/t25-/m1/s1. The maximum absolute atomic E-state index is 13.8. The second kappa shape index (κ2) is 12.1. The van der Waals surface area contributed by atoms with Crippen molar-refractivity contribution in [2.24, 2.45) is 11.3 Å². The van der Waals surface area contributed by atoms with Crippen LogP contribution >= 0.6 is 11.6 Å². The number of nitrogens with zero attached hydrogens (tertiary/aromatic N) is 1. The van der Waals surface area contributed by atoms with Crippen molar-refractivity contribution >= 4 is 23.4 Å². The summed E-state index contributed by atoms with van der Waals surface area (Å²) in [6.45, 7) is 7.72. The lowest BCUT2D eigenvalue weighted by Crippen LogP contribution is -2.53. The number of likely N-dealkylation sites (tertiary alicyclic amines) is 1. The van der Waals surface area contributed by atoms with Crippen LogP contribution in [0, 0.1) is 11.3 Å². The summed E-state index contributed by atoms with van der Waals surface area (Å²) >= 11 is 6.04. The number of benzene rings is 2. The minimum atomic E-state index is -0.393. The zero-order valence-corrected chi connectivity index (χ0v) is 22.2. The molecule has 0 aromatic heterocycles. The first-order valence-corrected chi connectivity index (χ1v) is 13.5. The Kier molecular flexibility index (Phi) is 8.91. The topological polar surface area (TPSA) is 70.7 Å². The Balaban J connectivity index is 1.47. The van der Waals surface area contributed by atoms with Crippen LogP contribution in [0.25, 0.3) is 0 Å². The molecule has 2 aliphatic rings. The van der Waals surface area contributed by atoms with E-state index >= 15 is 0 Å². The number of piperidine rings is 1. The molecule has 194 valence electrons. The number of para-hydroxylation sites is 1. The Bertz CT molecular complexity index is 1030. The molecule has 2 heterocycles. The molecule has 2 amide bonds. The molecule has 0 radical (unpaired) electrons. The largest absolute Gasteiger partial charge is 0.491 e. The molecule has 0 aliphatic carbocycles. The maximum atomic E-state index is 13.8. The third-order valence-corrected chi connectivity index (χ3v) is 7.91.